The van der Waals surface area contributed by atoms with E-state index in [4.69, 9.17) is 21.4 Å². The zero-order valence-electron chi connectivity index (χ0n) is 13.9. The number of rotatable bonds is 5. The maximum atomic E-state index is 12.0. The number of halogens is 2. The van der Waals surface area contributed by atoms with Gasteiger partial charge in [0, 0.05) is 35.3 Å². The van der Waals surface area contributed by atoms with Crippen molar-refractivity contribution in [1.29, 1.82) is 0 Å². The molecule has 2 heterocycles. The summed E-state index contributed by atoms with van der Waals surface area (Å²) >= 11 is 9.55. The van der Waals surface area contributed by atoms with Crippen LogP contribution >= 0.6 is 27.5 Å². The fourth-order valence-corrected chi connectivity index (χ4v) is 3.49. The third-order valence-electron chi connectivity index (χ3n) is 3.76. The molecule has 3 rings (SSSR count). The van der Waals surface area contributed by atoms with Crippen molar-refractivity contribution in [3.05, 3.63) is 63.2 Å². The lowest BCUT2D eigenvalue weighted by atomic mass is 10.1. The molecule has 1 unspecified atom stereocenters. The molecule has 0 bridgehead atoms. The summed E-state index contributed by atoms with van der Waals surface area (Å²) in [4.78, 5) is 26.4. The van der Waals surface area contributed by atoms with E-state index in [1.807, 2.05) is 6.07 Å². The number of carboxylic acid groups (broad SMARTS) is 1. The lowest BCUT2D eigenvalue weighted by molar-refractivity contribution is -0.116. The van der Waals surface area contributed by atoms with E-state index in [2.05, 4.69) is 31.5 Å². The van der Waals surface area contributed by atoms with E-state index in [0.717, 1.165) is 15.6 Å². The molecule has 1 atom stereocenters. The number of hydrogen-bond donors (Lipinski definition) is 3. The highest BCUT2D eigenvalue weighted by molar-refractivity contribution is 9.10. The maximum Gasteiger partial charge on any atom is 0.410 e. The quantitative estimate of drug-likeness (QED) is 0.600. The molecule has 1 aliphatic rings. The summed E-state index contributed by atoms with van der Waals surface area (Å²) in [5.41, 5.74) is 1.74. The van der Waals surface area contributed by atoms with Crippen molar-refractivity contribution in [1.82, 2.24) is 10.3 Å². The molecule has 0 saturated heterocycles. The minimum atomic E-state index is -1.18. The number of anilines is 1. The van der Waals surface area contributed by atoms with Crippen LogP contribution in [0.4, 0.5) is 10.6 Å². The number of ether oxygens (including phenoxy) is 1. The molecule has 0 fully saturated rings. The van der Waals surface area contributed by atoms with E-state index in [1.165, 1.54) is 18.3 Å². The van der Waals surface area contributed by atoms with Gasteiger partial charge in [-0.15, -0.1) is 0 Å². The molecule has 2 amide bonds. The van der Waals surface area contributed by atoms with Crippen LogP contribution in [-0.4, -0.2) is 28.2 Å². The second-order valence-corrected chi connectivity index (χ2v) is 7.12. The molecule has 1 aliphatic heterocycles. The van der Waals surface area contributed by atoms with Crippen molar-refractivity contribution in [2.75, 3.05) is 5.32 Å². The number of hydrogen-bond acceptors (Lipinski definition) is 4. The summed E-state index contributed by atoms with van der Waals surface area (Å²) in [6.45, 7) is 0.272. The van der Waals surface area contributed by atoms with Crippen LogP contribution in [0.15, 0.2) is 47.1 Å². The Labute approximate surface area is 168 Å². The number of pyridine rings is 1. The number of amides is 2. The second-order valence-electron chi connectivity index (χ2n) is 5.80. The Morgan fingerprint density at radius 3 is 2.93 bits per heavy atom. The van der Waals surface area contributed by atoms with Crippen molar-refractivity contribution in [2.45, 2.75) is 19.1 Å². The van der Waals surface area contributed by atoms with Gasteiger partial charge in [-0.1, -0.05) is 33.6 Å². The van der Waals surface area contributed by atoms with Crippen molar-refractivity contribution in [3.63, 3.8) is 0 Å². The van der Waals surface area contributed by atoms with E-state index < -0.39 is 6.09 Å². The highest BCUT2D eigenvalue weighted by atomic mass is 79.9. The van der Waals surface area contributed by atoms with Gasteiger partial charge in [-0.05, 0) is 29.8 Å². The van der Waals surface area contributed by atoms with E-state index in [9.17, 15) is 9.59 Å². The van der Waals surface area contributed by atoms with Crippen molar-refractivity contribution in [3.8, 4) is 5.75 Å². The Hall–Kier alpha value is -2.58. The van der Waals surface area contributed by atoms with Crippen molar-refractivity contribution in [2.24, 2.45) is 0 Å². The van der Waals surface area contributed by atoms with E-state index >= 15 is 0 Å². The van der Waals surface area contributed by atoms with Gasteiger partial charge in [0.15, 0.2) is 0 Å². The number of carbonyl (C=O) groups excluding carboxylic acids is 1. The van der Waals surface area contributed by atoms with Crippen LogP contribution in [0.3, 0.4) is 0 Å². The van der Waals surface area contributed by atoms with Gasteiger partial charge in [0.1, 0.15) is 17.7 Å². The Morgan fingerprint density at radius 2 is 2.22 bits per heavy atom. The molecule has 2 aromatic rings. The summed E-state index contributed by atoms with van der Waals surface area (Å²) in [7, 11) is 0. The molecule has 140 valence electrons. The van der Waals surface area contributed by atoms with Crippen LogP contribution in [0.2, 0.25) is 5.02 Å². The average Bonchev–Trinajstić information content (AvgIpc) is 3.02. The lowest BCUT2D eigenvalue weighted by Crippen LogP contribution is -2.21. The average molecular weight is 453 g/mol. The first-order valence-corrected chi connectivity index (χ1v) is 9.13. The monoisotopic (exact) mass is 451 g/mol. The Kier molecular flexibility index (Phi) is 5.98. The normalized spacial score (nSPS) is 15.3. The molecule has 0 spiro atoms. The third kappa shape index (κ3) is 5.21. The lowest BCUT2D eigenvalue weighted by Gasteiger charge is -2.07. The molecule has 0 aliphatic carbocycles. The minimum absolute atomic E-state index is 0.223. The predicted octanol–water partition coefficient (Wildman–Crippen LogP) is 3.76. The number of carbonyl (C=O) groups is 2. The minimum Gasteiger partial charge on any atom is -0.484 e. The second kappa shape index (κ2) is 8.41. The number of aromatic nitrogens is 1. The van der Waals surface area contributed by atoms with Gasteiger partial charge < -0.3 is 15.2 Å². The maximum absolute atomic E-state index is 12.0. The highest BCUT2D eigenvalue weighted by Crippen LogP contribution is 2.38. The summed E-state index contributed by atoms with van der Waals surface area (Å²) in [5.74, 6) is 0.603. The SMILES string of the molecule is O=C(O)Nc1ccc(CNC(=O)/C=C/C2Cc3cc(Br)cc(Cl)c3O2)cn1. The number of benzene rings is 1. The molecule has 3 N–H and O–H groups in total. The molecule has 0 radical (unpaired) electrons. The summed E-state index contributed by atoms with van der Waals surface area (Å²) in [6, 6.07) is 6.92. The first-order valence-electron chi connectivity index (χ1n) is 7.96. The first-order chi connectivity index (χ1) is 12.9. The topological polar surface area (TPSA) is 101 Å². The molecule has 27 heavy (non-hydrogen) atoms. The molecule has 1 aromatic heterocycles. The van der Waals surface area contributed by atoms with Crippen LogP contribution in [0.1, 0.15) is 11.1 Å². The van der Waals surface area contributed by atoms with Gasteiger partial charge in [-0.25, -0.2) is 9.78 Å². The molecule has 9 heteroatoms. The van der Waals surface area contributed by atoms with Crippen molar-refractivity contribution >= 4 is 45.3 Å². The van der Waals surface area contributed by atoms with Gasteiger partial charge >= 0.3 is 6.09 Å². The molecule has 1 aromatic carbocycles. The molecule has 7 nitrogen and oxygen atoms in total. The fourth-order valence-electron chi connectivity index (χ4n) is 2.57. The zero-order valence-corrected chi connectivity index (χ0v) is 16.3. The standard InChI is InChI=1S/C18H15BrClN3O4/c19-12-5-11-6-13(27-17(11)14(20)7-12)2-4-16(24)22-9-10-1-3-15(21-8-10)23-18(25)26/h1-5,7-8,13H,6,9H2,(H,21,23)(H,22,24)(H,25,26)/b4-2+. The fraction of sp³-hybridized carbons (Fsp3) is 0.167. The van der Waals surface area contributed by atoms with E-state index in [-0.39, 0.29) is 24.4 Å². The van der Waals surface area contributed by atoms with Crippen LogP contribution in [0.25, 0.3) is 0 Å². The van der Waals surface area contributed by atoms with Gasteiger partial charge in [0.25, 0.3) is 0 Å². The number of fused-ring (bicyclic) bond motifs is 1. The molecular weight excluding hydrogens is 438 g/mol. The van der Waals surface area contributed by atoms with E-state index in [0.29, 0.717) is 17.2 Å². The van der Waals surface area contributed by atoms with Crippen molar-refractivity contribution < 1.29 is 19.4 Å². The van der Waals surface area contributed by atoms with Crippen LogP contribution < -0.4 is 15.4 Å². The molecular formula is C18H15BrClN3O4. The third-order valence-corrected chi connectivity index (χ3v) is 4.50. The van der Waals surface area contributed by atoms with Gasteiger partial charge in [0.05, 0.1) is 5.02 Å². The largest absolute Gasteiger partial charge is 0.484 e. The molecule has 0 saturated carbocycles. The number of nitrogens with one attached hydrogen (secondary N) is 2. The number of nitrogens with zero attached hydrogens (tertiary/aromatic N) is 1. The predicted molar refractivity (Wildman–Crippen MR) is 104 cm³/mol. The summed E-state index contributed by atoms with van der Waals surface area (Å²) in [5, 5.41) is 14.0. The Morgan fingerprint density at radius 1 is 1.41 bits per heavy atom. The first kappa shape index (κ1) is 19.2. The smallest absolute Gasteiger partial charge is 0.410 e. The Balaban J connectivity index is 1.50. The van der Waals surface area contributed by atoms with Gasteiger partial charge in [-0.3, -0.25) is 10.1 Å². The van der Waals surface area contributed by atoms with Crippen LogP contribution in [0, 0.1) is 0 Å². The van der Waals surface area contributed by atoms with Crippen LogP contribution in [0.5, 0.6) is 5.75 Å². The Bertz CT molecular complexity index is 902. The van der Waals surface area contributed by atoms with Crippen LogP contribution in [-0.2, 0) is 17.8 Å². The summed E-state index contributed by atoms with van der Waals surface area (Å²) < 4.78 is 6.65. The van der Waals surface area contributed by atoms with Gasteiger partial charge in [0.2, 0.25) is 5.91 Å². The van der Waals surface area contributed by atoms with E-state index in [1.54, 1.807) is 18.2 Å². The zero-order chi connectivity index (χ0) is 19.4. The summed E-state index contributed by atoms with van der Waals surface area (Å²) in [6.07, 6.45) is 3.82. The highest BCUT2D eigenvalue weighted by Gasteiger charge is 2.23. The van der Waals surface area contributed by atoms with Gasteiger partial charge in [-0.2, -0.15) is 0 Å².